The average molecular weight is 543 g/mol. The average Bonchev–Trinajstić information content (AvgIpc) is 3.54. The Bertz CT molecular complexity index is 1250. The molecule has 0 aliphatic heterocycles. The van der Waals surface area contributed by atoms with Gasteiger partial charge in [0.2, 0.25) is 0 Å². The minimum atomic E-state index is -0.608. The third kappa shape index (κ3) is 6.26. The fourth-order valence-electron chi connectivity index (χ4n) is 3.89. The zero-order chi connectivity index (χ0) is 24.9. The van der Waals surface area contributed by atoms with Crippen molar-refractivity contribution in [3.63, 3.8) is 0 Å². The molecule has 0 radical (unpaired) electrons. The van der Waals surface area contributed by atoms with Crippen LogP contribution >= 0.6 is 15.9 Å². The van der Waals surface area contributed by atoms with Crippen LogP contribution in [0.2, 0.25) is 0 Å². The lowest BCUT2D eigenvalue weighted by Crippen LogP contribution is -2.13. The molecule has 184 valence electrons. The van der Waals surface area contributed by atoms with Crippen LogP contribution in [0.1, 0.15) is 42.6 Å². The van der Waals surface area contributed by atoms with Gasteiger partial charge in [-0.2, -0.15) is 5.10 Å². The van der Waals surface area contributed by atoms with Crippen LogP contribution in [-0.4, -0.2) is 33.2 Å². The molecule has 4 rings (SSSR count). The van der Waals surface area contributed by atoms with Crippen molar-refractivity contribution in [3.8, 4) is 5.75 Å². The van der Waals surface area contributed by atoms with E-state index >= 15 is 0 Å². The Hall–Kier alpha value is -3.24. The van der Waals surface area contributed by atoms with Crippen LogP contribution in [0.4, 0.5) is 10.2 Å². The molecule has 1 aliphatic carbocycles. The number of ether oxygens (including phenoxy) is 1. The lowest BCUT2D eigenvalue weighted by molar-refractivity contribution is 0.224. The first-order valence-electron chi connectivity index (χ1n) is 11.3. The molecule has 4 N–H and O–H groups in total. The number of hydrogen-bond acceptors (Lipinski definition) is 7. The molecule has 2 heterocycles. The number of rotatable bonds is 10. The number of hydrogen-bond donors (Lipinski definition) is 3. The fourth-order valence-corrected chi connectivity index (χ4v) is 4.20. The fraction of sp³-hybridized carbons (Fsp3) is 0.320. The monoisotopic (exact) mass is 542 g/mol. The van der Waals surface area contributed by atoms with Gasteiger partial charge in [0.1, 0.15) is 11.9 Å². The van der Waals surface area contributed by atoms with E-state index in [0.29, 0.717) is 33.5 Å². The number of halogens is 2. The van der Waals surface area contributed by atoms with E-state index < -0.39 is 11.9 Å². The molecular formula is C25H28BrFN6O2. The molecule has 35 heavy (non-hydrogen) atoms. The summed E-state index contributed by atoms with van der Waals surface area (Å²) >= 11 is 3.35. The molecule has 0 bridgehead atoms. The third-order valence-electron chi connectivity index (χ3n) is 5.83. The van der Waals surface area contributed by atoms with E-state index in [1.54, 1.807) is 32.3 Å². The second-order valence-corrected chi connectivity index (χ2v) is 9.54. The second-order valence-electron chi connectivity index (χ2n) is 8.62. The van der Waals surface area contributed by atoms with Gasteiger partial charge in [-0.1, -0.05) is 0 Å². The standard InChI is InChI=1S/C25H28BrFN6O2/c1-15(35-23-8-19(26)12-30-25(23)32-34)22-9-20(27)5-6-21(22)24(28)18(11-29-2)7-17-10-31-33(14-17)13-16-3-4-16/h5-6,8-12,14-16,34H,3-4,7,13,28H2,1-2H3,(H,30,32)/t15-/m1/s1. The van der Waals surface area contributed by atoms with Gasteiger partial charge in [-0.05, 0) is 77.0 Å². The van der Waals surface area contributed by atoms with Crippen LogP contribution in [0, 0.1) is 11.7 Å². The maximum Gasteiger partial charge on any atom is 0.192 e. The van der Waals surface area contributed by atoms with Crippen LogP contribution in [0.15, 0.2) is 57.9 Å². The first-order valence-corrected chi connectivity index (χ1v) is 12.1. The van der Waals surface area contributed by atoms with Crippen LogP contribution in [0.25, 0.3) is 5.70 Å². The second kappa shape index (κ2) is 11.0. The lowest BCUT2D eigenvalue weighted by Gasteiger charge is -2.21. The van der Waals surface area contributed by atoms with Gasteiger partial charge in [0.15, 0.2) is 11.6 Å². The molecule has 0 amide bonds. The molecule has 1 fully saturated rings. The summed E-state index contributed by atoms with van der Waals surface area (Å²) in [5.41, 5.74) is 12.1. The Balaban J connectivity index is 1.65. The molecule has 0 saturated heterocycles. The first kappa shape index (κ1) is 24.9. The molecule has 1 aliphatic rings. The van der Waals surface area contributed by atoms with Crippen LogP contribution in [0.5, 0.6) is 5.75 Å². The molecule has 8 nitrogen and oxygen atoms in total. The van der Waals surface area contributed by atoms with Crippen LogP contribution < -0.4 is 16.0 Å². The van der Waals surface area contributed by atoms with Crippen molar-refractivity contribution in [2.24, 2.45) is 16.6 Å². The van der Waals surface area contributed by atoms with Crippen molar-refractivity contribution in [2.75, 3.05) is 12.5 Å². The topological polar surface area (TPSA) is 111 Å². The Morgan fingerprint density at radius 1 is 1.40 bits per heavy atom. The minimum Gasteiger partial charge on any atom is -0.482 e. The summed E-state index contributed by atoms with van der Waals surface area (Å²) in [6, 6.07) is 6.08. The molecule has 0 spiro atoms. The summed E-state index contributed by atoms with van der Waals surface area (Å²) in [5.74, 6) is 0.756. The van der Waals surface area contributed by atoms with Gasteiger partial charge in [0, 0.05) is 59.9 Å². The van der Waals surface area contributed by atoms with Crippen LogP contribution in [0.3, 0.4) is 0 Å². The molecular weight excluding hydrogens is 515 g/mol. The largest absolute Gasteiger partial charge is 0.482 e. The first-order chi connectivity index (χ1) is 16.9. The highest BCUT2D eigenvalue weighted by atomic mass is 79.9. The summed E-state index contributed by atoms with van der Waals surface area (Å²) in [6.07, 6.45) is 9.57. The smallest absolute Gasteiger partial charge is 0.192 e. The molecule has 3 aromatic rings. The van der Waals surface area contributed by atoms with E-state index in [9.17, 15) is 9.60 Å². The van der Waals surface area contributed by atoms with E-state index in [0.717, 1.165) is 23.6 Å². The highest BCUT2D eigenvalue weighted by Gasteiger charge is 2.22. The summed E-state index contributed by atoms with van der Waals surface area (Å²) in [7, 11) is 1.69. The number of anilines is 1. The van der Waals surface area contributed by atoms with Crippen molar-refractivity contribution in [1.82, 2.24) is 14.8 Å². The molecule has 1 atom stereocenters. The van der Waals surface area contributed by atoms with E-state index in [-0.39, 0.29) is 5.82 Å². The van der Waals surface area contributed by atoms with Gasteiger partial charge in [-0.3, -0.25) is 14.9 Å². The Morgan fingerprint density at radius 2 is 2.20 bits per heavy atom. The maximum atomic E-state index is 14.3. The molecule has 10 heteroatoms. The van der Waals surface area contributed by atoms with Gasteiger partial charge >= 0.3 is 0 Å². The number of nitrogens with one attached hydrogen (secondary N) is 1. The van der Waals surface area contributed by atoms with E-state index in [1.807, 2.05) is 22.6 Å². The predicted octanol–water partition coefficient (Wildman–Crippen LogP) is 5.14. The number of nitrogens with two attached hydrogens (primary N) is 1. The Labute approximate surface area is 211 Å². The molecule has 0 unspecified atom stereocenters. The predicted molar refractivity (Wildman–Crippen MR) is 137 cm³/mol. The number of nitrogens with zero attached hydrogens (tertiary/aromatic N) is 4. The Morgan fingerprint density at radius 3 is 2.91 bits per heavy atom. The minimum absolute atomic E-state index is 0.142. The van der Waals surface area contributed by atoms with Gasteiger partial charge < -0.3 is 10.5 Å². The van der Waals surface area contributed by atoms with Crippen molar-refractivity contribution in [1.29, 1.82) is 0 Å². The summed E-state index contributed by atoms with van der Waals surface area (Å²) in [5, 5.41) is 13.9. The zero-order valence-corrected chi connectivity index (χ0v) is 21.2. The Kier molecular flexibility index (Phi) is 7.82. The molecule has 1 saturated carbocycles. The van der Waals surface area contributed by atoms with E-state index in [2.05, 4.69) is 31.0 Å². The highest BCUT2D eigenvalue weighted by molar-refractivity contribution is 9.10. The van der Waals surface area contributed by atoms with Crippen molar-refractivity contribution >= 4 is 33.7 Å². The molecule has 1 aromatic carbocycles. The van der Waals surface area contributed by atoms with Gasteiger partial charge in [0.25, 0.3) is 0 Å². The number of allylic oxidation sites excluding steroid dienone is 1. The maximum absolute atomic E-state index is 14.3. The highest BCUT2D eigenvalue weighted by Crippen LogP contribution is 2.33. The van der Waals surface area contributed by atoms with E-state index in [4.69, 9.17) is 10.5 Å². The number of aromatic nitrogens is 3. The zero-order valence-electron chi connectivity index (χ0n) is 19.6. The van der Waals surface area contributed by atoms with Crippen molar-refractivity contribution in [2.45, 2.75) is 38.8 Å². The third-order valence-corrected chi connectivity index (χ3v) is 6.26. The number of benzene rings is 1. The quantitative estimate of drug-likeness (QED) is 0.241. The van der Waals surface area contributed by atoms with Gasteiger partial charge in [0.05, 0.1) is 6.20 Å². The van der Waals surface area contributed by atoms with Gasteiger partial charge in [-0.15, -0.1) is 0 Å². The van der Waals surface area contributed by atoms with Gasteiger partial charge in [-0.25, -0.2) is 14.9 Å². The van der Waals surface area contributed by atoms with Crippen molar-refractivity contribution < 1.29 is 14.3 Å². The van der Waals surface area contributed by atoms with Crippen molar-refractivity contribution in [3.05, 3.63) is 75.4 Å². The summed E-state index contributed by atoms with van der Waals surface area (Å²) in [4.78, 5) is 8.27. The summed E-state index contributed by atoms with van der Waals surface area (Å²) in [6.45, 7) is 2.71. The normalized spacial score (nSPS) is 15.2. The molecule has 2 aromatic heterocycles. The summed E-state index contributed by atoms with van der Waals surface area (Å²) < 4.78 is 23.0. The number of aliphatic imine (C=N–C) groups is 1. The lowest BCUT2D eigenvalue weighted by atomic mass is 9.96. The SMILES string of the molecule is CN=CC(Cc1cnn(CC2CC2)c1)=C(N)c1ccc(F)cc1[C@@H](C)Oc1cc(Br)cnc1NO. The van der Waals surface area contributed by atoms with E-state index in [1.165, 1.54) is 31.2 Å². The number of pyridine rings is 1. The van der Waals surface area contributed by atoms with Crippen LogP contribution in [-0.2, 0) is 13.0 Å².